The molecule has 2 heterocycles. The Balaban J connectivity index is 1.57. The molecule has 7 heteroatoms. The standard InChI is InChI=1S/C16H26N2O5/c19-12-5-14(16(22)23)18(8-12)7-9-1-2-10-6-17-13(15(20)21)4-11(10)3-9/h9-14,17,19H,1-8H2,(H,20,21)(H,22,23). The van der Waals surface area contributed by atoms with Crippen LogP contribution in [0.25, 0.3) is 0 Å². The normalized spacial score (nSPS) is 41.4. The van der Waals surface area contributed by atoms with Crippen LogP contribution in [0.5, 0.6) is 0 Å². The van der Waals surface area contributed by atoms with Crippen LogP contribution in [-0.4, -0.2) is 70.0 Å². The minimum absolute atomic E-state index is 0.305. The molecule has 1 saturated carbocycles. The number of rotatable bonds is 4. The quantitative estimate of drug-likeness (QED) is 0.575. The van der Waals surface area contributed by atoms with Crippen molar-refractivity contribution in [2.75, 3.05) is 19.6 Å². The summed E-state index contributed by atoms with van der Waals surface area (Å²) in [4.78, 5) is 24.4. The van der Waals surface area contributed by atoms with Gasteiger partial charge in [-0.1, -0.05) is 0 Å². The first-order valence-electron chi connectivity index (χ1n) is 8.55. The minimum atomic E-state index is -0.858. The number of fused-ring (bicyclic) bond motifs is 1. The molecule has 0 aromatic heterocycles. The van der Waals surface area contributed by atoms with Crippen LogP contribution in [-0.2, 0) is 9.59 Å². The number of hydrogen-bond donors (Lipinski definition) is 4. The summed E-state index contributed by atoms with van der Waals surface area (Å²) < 4.78 is 0. The Morgan fingerprint density at radius 3 is 2.52 bits per heavy atom. The first kappa shape index (κ1) is 16.7. The molecule has 6 unspecified atom stereocenters. The van der Waals surface area contributed by atoms with Crippen LogP contribution in [0, 0.1) is 17.8 Å². The first-order chi connectivity index (χ1) is 10.9. The molecular weight excluding hydrogens is 300 g/mol. The molecule has 6 atom stereocenters. The summed E-state index contributed by atoms with van der Waals surface area (Å²) in [5.74, 6) is -0.286. The topological polar surface area (TPSA) is 110 Å². The van der Waals surface area contributed by atoms with Crippen molar-refractivity contribution >= 4 is 11.9 Å². The maximum Gasteiger partial charge on any atom is 0.321 e. The van der Waals surface area contributed by atoms with Gasteiger partial charge in [0.15, 0.2) is 0 Å². The molecule has 23 heavy (non-hydrogen) atoms. The zero-order valence-corrected chi connectivity index (χ0v) is 13.2. The van der Waals surface area contributed by atoms with Crippen LogP contribution in [0.3, 0.4) is 0 Å². The first-order valence-corrected chi connectivity index (χ1v) is 8.55. The Bertz CT molecular complexity index is 471. The second kappa shape index (κ2) is 6.75. The summed E-state index contributed by atoms with van der Waals surface area (Å²) in [6.07, 6.45) is 3.51. The number of carbonyl (C=O) groups is 2. The fraction of sp³-hybridized carbons (Fsp3) is 0.875. The number of aliphatic carboxylic acids is 2. The lowest BCUT2D eigenvalue weighted by Crippen LogP contribution is -2.50. The van der Waals surface area contributed by atoms with E-state index in [1.165, 1.54) is 0 Å². The molecule has 0 radical (unpaired) electrons. The van der Waals surface area contributed by atoms with Gasteiger partial charge in [0.1, 0.15) is 12.1 Å². The van der Waals surface area contributed by atoms with E-state index in [1.54, 1.807) is 0 Å². The summed E-state index contributed by atoms with van der Waals surface area (Å²) in [5.41, 5.74) is 0. The lowest BCUT2D eigenvalue weighted by Gasteiger charge is -2.42. The van der Waals surface area contributed by atoms with Crippen molar-refractivity contribution in [1.82, 2.24) is 10.2 Å². The lowest BCUT2D eigenvalue weighted by molar-refractivity contribution is -0.143. The summed E-state index contributed by atoms with van der Waals surface area (Å²) in [6.45, 7) is 1.90. The van der Waals surface area contributed by atoms with Crippen LogP contribution in [0.2, 0.25) is 0 Å². The highest BCUT2D eigenvalue weighted by Gasteiger charge is 2.41. The van der Waals surface area contributed by atoms with Crippen molar-refractivity contribution < 1.29 is 24.9 Å². The van der Waals surface area contributed by atoms with Gasteiger partial charge in [0.2, 0.25) is 0 Å². The van der Waals surface area contributed by atoms with Crippen LogP contribution in [0.4, 0.5) is 0 Å². The van der Waals surface area contributed by atoms with Crippen molar-refractivity contribution in [3.63, 3.8) is 0 Å². The molecule has 0 aromatic rings. The highest BCUT2D eigenvalue weighted by molar-refractivity contribution is 5.74. The molecule has 130 valence electrons. The van der Waals surface area contributed by atoms with Gasteiger partial charge in [-0.05, 0) is 50.0 Å². The van der Waals surface area contributed by atoms with E-state index in [1.807, 2.05) is 4.90 Å². The molecular formula is C16H26N2O5. The van der Waals surface area contributed by atoms with Crippen molar-refractivity contribution in [2.24, 2.45) is 17.8 Å². The van der Waals surface area contributed by atoms with Gasteiger partial charge in [-0.3, -0.25) is 14.5 Å². The zero-order chi connectivity index (χ0) is 16.6. The van der Waals surface area contributed by atoms with Gasteiger partial charge in [-0.15, -0.1) is 0 Å². The predicted octanol–water partition coefficient (Wildman–Crippen LogP) is -0.0148. The van der Waals surface area contributed by atoms with E-state index in [2.05, 4.69) is 5.32 Å². The molecule has 2 saturated heterocycles. The number of carboxylic acid groups (broad SMARTS) is 2. The summed E-state index contributed by atoms with van der Waals surface area (Å²) in [7, 11) is 0. The smallest absolute Gasteiger partial charge is 0.321 e. The van der Waals surface area contributed by atoms with E-state index in [0.717, 1.165) is 25.8 Å². The molecule has 1 aliphatic carbocycles. The fourth-order valence-corrected chi connectivity index (χ4v) is 4.68. The van der Waals surface area contributed by atoms with Gasteiger partial charge in [0, 0.05) is 19.5 Å². The Kier molecular flexibility index (Phi) is 4.89. The fourth-order valence-electron chi connectivity index (χ4n) is 4.68. The third-order valence-electron chi connectivity index (χ3n) is 5.87. The van der Waals surface area contributed by atoms with Crippen LogP contribution in [0.15, 0.2) is 0 Å². The highest BCUT2D eigenvalue weighted by Crippen LogP contribution is 2.39. The number of carboxylic acids is 2. The molecule has 3 aliphatic rings. The summed E-state index contributed by atoms with van der Waals surface area (Å²) in [6, 6.07) is -1.03. The number of likely N-dealkylation sites (tertiary alicyclic amines) is 1. The number of aliphatic hydroxyl groups excluding tert-OH is 1. The molecule has 0 spiro atoms. The predicted molar refractivity (Wildman–Crippen MR) is 82.0 cm³/mol. The largest absolute Gasteiger partial charge is 0.480 e. The molecule has 7 nitrogen and oxygen atoms in total. The monoisotopic (exact) mass is 326 g/mol. The molecule has 4 N–H and O–H groups in total. The third-order valence-corrected chi connectivity index (χ3v) is 5.87. The Morgan fingerprint density at radius 2 is 1.83 bits per heavy atom. The van der Waals surface area contributed by atoms with Gasteiger partial charge >= 0.3 is 11.9 Å². The number of aliphatic hydroxyl groups is 1. The van der Waals surface area contributed by atoms with Crippen molar-refractivity contribution in [3.05, 3.63) is 0 Å². The Labute approximate surface area is 135 Å². The van der Waals surface area contributed by atoms with Gasteiger partial charge in [-0.25, -0.2) is 0 Å². The minimum Gasteiger partial charge on any atom is -0.480 e. The molecule has 0 aromatic carbocycles. The average molecular weight is 326 g/mol. The summed E-state index contributed by atoms with van der Waals surface area (Å²) >= 11 is 0. The zero-order valence-electron chi connectivity index (χ0n) is 13.2. The highest BCUT2D eigenvalue weighted by atomic mass is 16.4. The molecule has 3 rings (SSSR count). The average Bonchev–Trinajstić information content (AvgIpc) is 2.87. The summed E-state index contributed by atoms with van der Waals surface area (Å²) in [5, 5.41) is 31.3. The Morgan fingerprint density at radius 1 is 1.04 bits per heavy atom. The molecule has 2 aliphatic heterocycles. The number of piperidine rings is 1. The SMILES string of the molecule is O=C(O)C1CC2CC(CN3CC(O)CC3C(=O)O)CCC2CN1. The van der Waals surface area contributed by atoms with Crippen molar-refractivity contribution in [1.29, 1.82) is 0 Å². The van der Waals surface area contributed by atoms with Crippen molar-refractivity contribution in [2.45, 2.75) is 50.3 Å². The van der Waals surface area contributed by atoms with Gasteiger partial charge in [0.25, 0.3) is 0 Å². The van der Waals surface area contributed by atoms with E-state index < -0.39 is 30.1 Å². The number of β-amino-alcohol motifs (C(OH)–C–C–N with tert-alkyl or cyclic N) is 1. The van der Waals surface area contributed by atoms with Crippen LogP contribution in [0.1, 0.15) is 32.1 Å². The molecule has 0 bridgehead atoms. The number of nitrogens with one attached hydrogen (secondary N) is 1. The second-order valence-corrected chi connectivity index (χ2v) is 7.43. The Hall–Kier alpha value is -1.18. The van der Waals surface area contributed by atoms with Gasteiger partial charge < -0.3 is 20.6 Å². The van der Waals surface area contributed by atoms with E-state index in [4.69, 9.17) is 0 Å². The molecule has 0 amide bonds. The third kappa shape index (κ3) is 3.67. The second-order valence-electron chi connectivity index (χ2n) is 7.43. The van der Waals surface area contributed by atoms with Crippen molar-refractivity contribution in [3.8, 4) is 0 Å². The maximum atomic E-state index is 11.3. The number of hydrogen-bond acceptors (Lipinski definition) is 5. The van der Waals surface area contributed by atoms with Gasteiger partial charge in [0.05, 0.1) is 6.10 Å². The number of nitrogens with zero attached hydrogens (tertiary/aromatic N) is 1. The van der Waals surface area contributed by atoms with E-state index in [9.17, 15) is 24.9 Å². The van der Waals surface area contributed by atoms with E-state index in [-0.39, 0.29) is 0 Å². The molecule has 3 fully saturated rings. The van der Waals surface area contributed by atoms with E-state index in [0.29, 0.717) is 43.7 Å². The lowest BCUT2D eigenvalue weighted by atomic mass is 9.69. The van der Waals surface area contributed by atoms with E-state index >= 15 is 0 Å². The van der Waals surface area contributed by atoms with Gasteiger partial charge in [-0.2, -0.15) is 0 Å². The van der Waals surface area contributed by atoms with Crippen LogP contribution >= 0.6 is 0 Å². The maximum absolute atomic E-state index is 11.3. The van der Waals surface area contributed by atoms with Crippen LogP contribution < -0.4 is 5.32 Å².